The van der Waals surface area contributed by atoms with E-state index in [9.17, 15) is 14.4 Å². The van der Waals surface area contributed by atoms with Crippen molar-refractivity contribution in [2.75, 3.05) is 39.5 Å². The molecule has 0 saturated carbocycles. The third-order valence-electron chi connectivity index (χ3n) is 5.32. The summed E-state index contributed by atoms with van der Waals surface area (Å²) in [6.45, 7) is 20.3. The van der Waals surface area contributed by atoms with Crippen LogP contribution in [0.4, 0.5) is 14.4 Å². The SMILES string of the molecule is CC(C)(C)OC(=O)NCCCOCc1cc(COCCCNC(=O)OC(C)(C)C)cc(COCCCNC(=O)OC(C)(C)C)c1. The van der Waals surface area contributed by atoms with Crippen molar-refractivity contribution in [3.63, 3.8) is 0 Å². The average molecular weight is 640 g/mol. The Bertz CT molecular complexity index is 887. The minimum Gasteiger partial charge on any atom is -0.444 e. The Hall–Kier alpha value is -3.09. The molecule has 258 valence electrons. The number of ether oxygens (including phenoxy) is 6. The van der Waals surface area contributed by atoms with E-state index in [0.717, 1.165) is 16.7 Å². The van der Waals surface area contributed by atoms with E-state index in [4.69, 9.17) is 28.4 Å². The van der Waals surface area contributed by atoms with Gasteiger partial charge in [-0.1, -0.05) is 18.2 Å². The Labute approximate surface area is 269 Å². The van der Waals surface area contributed by atoms with Gasteiger partial charge in [0, 0.05) is 39.5 Å². The number of amides is 3. The molecule has 0 saturated heterocycles. The highest BCUT2D eigenvalue weighted by molar-refractivity contribution is 5.68. The zero-order valence-electron chi connectivity index (χ0n) is 28.9. The van der Waals surface area contributed by atoms with E-state index in [0.29, 0.717) is 78.5 Å². The van der Waals surface area contributed by atoms with Crippen LogP contribution in [0, 0.1) is 0 Å². The van der Waals surface area contributed by atoms with Gasteiger partial charge in [-0.25, -0.2) is 14.4 Å². The highest BCUT2D eigenvalue weighted by Crippen LogP contribution is 2.15. The molecule has 0 spiro atoms. The lowest BCUT2D eigenvalue weighted by atomic mass is 10.1. The van der Waals surface area contributed by atoms with Gasteiger partial charge in [0.25, 0.3) is 0 Å². The Morgan fingerprint density at radius 2 is 0.733 bits per heavy atom. The molecule has 12 nitrogen and oxygen atoms in total. The van der Waals surface area contributed by atoms with E-state index in [1.165, 1.54) is 0 Å². The first-order valence-corrected chi connectivity index (χ1v) is 15.7. The van der Waals surface area contributed by atoms with Gasteiger partial charge in [-0.3, -0.25) is 0 Å². The maximum atomic E-state index is 11.8. The van der Waals surface area contributed by atoms with Gasteiger partial charge in [0.15, 0.2) is 0 Å². The molecule has 0 aliphatic heterocycles. The minimum atomic E-state index is -0.537. The first kappa shape index (κ1) is 39.9. The lowest BCUT2D eigenvalue weighted by Crippen LogP contribution is -2.33. The molecule has 0 aromatic heterocycles. The number of hydrogen-bond donors (Lipinski definition) is 3. The molecule has 0 aliphatic carbocycles. The molecule has 1 aromatic rings. The largest absolute Gasteiger partial charge is 0.444 e. The van der Waals surface area contributed by atoms with Crippen LogP contribution in [-0.2, 0) is 48.2 Å². The molecule has 45 heavy (non-hydrogen) atoms. The van der Waals surface area contributed by atoms with Crippen molar-refractivity contribution in [2.24, 2.45) is 0 Å². The van der Waals surface area contributed by atoms with Gasteiger partial charge in [-0.05, 0) is 98.3 Å². The predicted octanol–water partition coefficient (Wildman–Crippen LogP) is 5.98. The van der Waals surface area contributed by atoms with Gasteiger partial charge >= 0.3 is 18.3 Å². The van der Waals surface area contributed by atoms with Crippen LogP contribution in [0.2, 0.25) is 0 Å². The molecular formula is C33H57N3O9. The first-order chi connectivity index (χ1) is 20.9. The van der Waals surface area contributed by atoms with Crippen LogP contribution in [0.25, 0.3) is 0 Å². The molecule has 0 heterocycles. The molecule has 3 amide bonds. The van der Waals surface area contributed by atoms with E-state index >= 15 is 0 Å². The molecule has 0 fully saturated rings. The minimum absolute atomic E-state index is 0.396. The second kappa shape index (κ2) is 20.1. The van der Waals surface area contributed by atoms with Crippen molar-refractivity contribution in [1.29, 1.82) is 0 Å². The van der Waals surface area contributed by atoms with Gasteiger partial charge in [0.2, 0.25) is 0 Å². The molecule has 0 aliphatic rings. The zero-order valence-corrected chi connectivity index (χ0v) is 28.9. The smallest absolute Gasteiger partial charge is 0.407 e. The van der Waals surface area contributed by atoms with Crippen molar-refractivity contribution >= 4 is 18.3 Å². The molecular weight excluding hydrogens is 582 g/mol. The van der Waals surface area contributed by atoms with E-state index in [2.05, 4.69) is 16.0 Å². The molecule has 0 bridgehead atoms. The lowest BCUT2D eigenvalue weighted by molar-refractivity contribution is 0.0506. The quantitative estimate of drug-likeness (QED) is 0.131. The molecule has 12 heteroatoms. The maximum absolute atomic E-state index is 11.8. The number of carbonyl (C=O) groups excluding carboxylic acids is 3. The van der Waals surface area contributed by atoms with E-state index in [1.54, 1.807) is 0 Å². The summed E-state index contributed by atoms with van der Waals surface area (Å²) in [5.74, 6) is 0. The second-order valence-electron chi connectivity index (χ2n) is 13.7. The van der Waals surface area contributed by atoms with Crippen molar-refractivity contribution < 1.29 is 42.8 Å². The normalized spacial score (nSPS) is 11.9. The van der Waals surface area contributed by atoms with Crippen LogP contribution in [0.1, 0.15) is 98.3 Å². The maximum Gasteiger partial charge on any atom is 0.407 e. The van der Waals surface area contributed by atoms with Crippen molar-refractivity contribution in [2.45, 2.75) is 118 Å². The van der Waals surface area contributed by atoms with Gasteiger partial charge in [0.05, 0.1) is 19.8 Å². The summed E-state index contributed by atoms with van der Waals surface area (Å²) in [5, 5.41) is 8.19. The summed E-state index contributed by atoms with van der Waals surface area (Å²) in [4.78, 5) is 35.4. The van der Waals surface area contributed by atoms with Crippen molar-refractivity contribution in [3.05, 3.63) is 34.9 Å². The fraction of sp³-hybridized carbons (Fsp3) is 0.727. The summed E-state index contributed by atoms with van der Waals surface area (Å²) in [6, 6.07) is 6.10. The lowest BCUT2D eigenvalue weighted by Gasteiger charge is -2.19. The van der Waals surface area contributed by atoms with E-state index < -0.39 is 35.1 Å². The molecule has 0 radical (unpaired) electrons. The van der Waals surface area contributed by atoms with Gasteiger partial charge in [-0.15, -0.1) is 0 Å². The predicted molar refractivity (Wildman–Crippen MR) is 172 cm³/mol. The van der Waals surface area contributed by atoms with E-state index in [-0.39, 0.29) is 0 Å². The molecule has 1 aromatic carbocycles. The van der Waals surface area contributed by atoms with Crippen LogP contribution in [0.3, 0.4) is 0 Å². The summed E-state index contributed by atoms with van der Waals surface area (Å²) in [5.41, 5.74) is 1.33. The van der Waals surface area contributed by atoms with Crippen LogP contribution in [-0.4, -0.2) is 74.5 Å². The number of hydrogen-bond acceptors (Lipinski definition) is 9. The number of benzene rings is 1. The van der Waals surface area contributed by atoms with Gasteiger partial charge < -0.3 is 44.4 Å². The Kier molecular flexibility index (Phi) is 17.9. The fourth-order valence-corrected chi connectivity index (χ4v) is 3.70. The van der Waals surface area contributed by atoms with Crippen LogP contribution in [0.15, 0.2) is 18.2 Å². The van der Waals surface area contributed by atoms with Crippen molar-refractivity contribution in [3.8, 4) is 0 Å². The van der Waals surface area contributed by atoms with Crippen molar-refractivity contribution in [1.82, 2.24) is 16.0 Å². The Morgan fingerprint density at radius 1 is 0.489 bits per heavy atom. The van der Waals surface area contributed by atoms with Gasteiger partial charge in [-0.2, -0.15) is 0 Å². The highest BCUT2D eigenvalue weighted by atomic mass is 16.6. The molecule has 3 N–H and O–H groups in total. The summed E-state index contributed by atoms with van der Waals surface area (Å²) in [6.07, 6.45) is 0.606. The topological polar surface area (TPSA) is 143 Å². The number of alkyl carbamates (subject to hydrolysis) is 3. The summed E-state index contributed by atoms with van der Waals surface area (Å²) >= 11 is 0. The van der Waals surface area contributed by atoms with Crippen LogP contribution in [0.5, 0.6) is 0 Å². The standard InChI is InChI=1S/C33H57N3O9/c1-31(2,3)43-28(37)34-13-10-16-40-22-25-19-26(23-41-17-11-14-35-29(38)44-32(4,5)6)21-27(20-25)24-42-18-12-15-36-30(39)45-33(7,8)9/h19-21H,10-18,22-24H2,1-9H3,(H,34,37)(H,35,38)(H,36,39). The molecule has 1 rings (SSSR count). The first-order valence-electron chi connectivity index (χ1n) is 15.7. The van der Waals surface area contributed by atoms with Gasteiger partial charge in [0.1, 0.15) is 16.8 Å². The number of nitrogens with one attached hydrogen (secondary N) is 3. The highest BCUT2D eigenvalue weighted by Gasteiger charge is 2.17. The Morgan fingerprint density at radius 3 is 0.956 bits per heavy atom. The Balaban J connectivity index is 2.55. The average Bonchev–Trinajstić information content (AvgIpc) is 2.87. The molecule has 0 unspecified atom stereocenters. The second-order valence-corrected chi connectivity index (χ2v) is 13.7. The summed E-state index contributed by atoms with van der Waals surface area (Å²) in [7, 11) is 0. The monoisotopic (exact) mass is 639 g/mol. The van der Waals surface area contributed by atoms with E-state index in [1.807, 2.05) is 80.5 Å². The summed E-state index contributed by atoms with van der Waals surface area (Å²) < 4.78 is 33.3. The number of carbonyl (C=O) groups is 3. The zero-order chi connectivity index (χ0) is 33.9. The fourth-order valence-electron chi connectivity index (χ4n) is 3.70. The molecule has 0 atom stereocenters. The van der Waals surface area contributed by atoms with Crippen LogP contribution < -0.4 is 16.0 Å². The third-order valence-corrected chi connectivity index (χ3v) is 5.32. The van der Waals surface area contributed by atoms with Crippen LogP contribution >= 0.6 is 0 Å². The number of rotatable bonds is 18. The third kappa shape index (κ3) is 23.9.